The Kier molecular flexibility index (Phi) is 5.41. The molecule has 1 saturated heterocycles. The second-order valence-corrected chi connectivity index (χ2v) is 8.23. The van der Waals surface area contributed by atoms with Crippen molar-refractivity contribution in [2.24, 2.45) is 0 Å². The van der Waals surface area contributed by atoms with Gasteiger partial charge < -0.3 is 10.1 Å². The molecular weight excluding hydrogens is 352 g/mol. The lowest BCUT2D eigenvalue weighted by Crippen LogP contribution is -2.40. The van der Waals surface area contributed by atoms with Gasteiger partial charge in [0, 0.05) is 24.3 Å². The van der Waals surface area contributed by atoms with Gasteiger partial charge in [-0.2, -0.15) is 4.31 Å². The van der Waals surface area contributed by atoms with Gasteiger partial charge in [0.05, 0.1) is 18.1 Å². The fourth-order valence-electron chi connectivity index (χ4n) is 2.87. The third kappa shape index (κ3) is 3.95. The van der Waals surface area contributed by atoms with Crippen LogP contribution in [0.4, 0.5) is 5.69 Å². The smallest absolute Gasteiger partial charge is 0.255 e. The number of benzene rings is 2. The van der Waals surface area contributed by atoms with E-state index >= 15 is 0 Å². The zero-order valence-corrected chi connectivity index (χ0v) is 15.7. The van der Waals surface area contributed by atoms with E-state index in [0.29, 0.717) is 43.1 Å². The first-order chi connectivity index (χ1) is 12.4. The normalized spacial score (nSPS) is 15.6. The summed E-state index contributed by atoms with van der Waals surface area (Å²) in [6, 6.07) is 12.2. The average molecular weight is 374 g/mol. The van der Waals surface area contributed by atoms with Crippen LogP contribution in [-0.2, 0) is 14.8 Å². The van der Waals surface area contributed by atoms with Gasteiger partial charge in [0.1, 0.15) is 0 Å². The number of aryl methyl sites for hydroxylation is 2. The monoisotopic (exact) mass is 374 g/mol. The summed E-state index contributed by atoms with van der Waals surface area (Å²) in [4.78, 5) is 12.7. The topological polar surface area (TPSA) is 75.7 Å². The van der Waals surface area contributed by atoms with Gasteiger partial charge in [0.25, 0.3) is 5.91 Å². The van der Waals surface area contributed by atoms with Crippen molar-refractivity contribution in [3.05, 3.63) is 59.2 Å². The number of sulfonamides is 1. The molecule has 0 atom stereocenters. The molecule has 0 saturated carbocycles. The van der Waals surface area contributed by atoms with Crippen LogP contribution in [-0.4, -0.2) is 44.9 Å². The average Bonchev–Trinajstić information content (AvgIpc) is 2.62. The van der Waals surface area contributed by atoms with Gasteiger partial charge in [-0.05, 0) is 49.2 Å². The highest BCUT2D eigenvalue weighted by molar-refractivity contribution is 7.89. The molecule has 0 aliphatic carbocycles. The van der Waals surface area contributed by atoms with Crippen LogP contribution in [0.25, 0.3) is 0 Å². The number of carbonyl (C=O) groups excluding carboxylic acids is 1. The number of rotatable bonds is 4. The Morgan fingerprint density at radius 2 is 1.81 bits per heavy atom. The van der Waals surface area contributed by atoms with Crippen molar-refractivity contribution < 1.29 is 17.9 Å². The number of hydrogen-bond donors (Lipinski definition) is 1. The third-order valence-electron chi connectivity index (χ3n) is 4.31. The molecule has 0 aromatic heterocycles. The summed E-state index contributed by atoms with van der Waals surface area (Å²) in [6.45, 7) is 5.07. The first-order valence-electron chi connectivity index (χ1n) is 8.44. The van der Waals surface area contributed by atoms with Gasteiger partial charge >= 0.3 is 0 Å². The minimum Gasteiger partial charge on any atom is -0.379 e. The summed E-state index contributed by atoms with van der Waals surface area (Å²) in [5, 5.41) is 2.81. The molecule has 1 aliphatic rings. The number of nitrogens with zero attached hydrogens (tertiary/aromatic N) is 1. The maximum absolute atomic E-state index is 12.9. The van der Waals surface area contributed by atoms with Crippen molar-refractivity contribution in [1.29, 1.82) is 0 Å². The molecule has 0 spiro atoms. The van der Waals surface area contributed by atoms with Gasteiger partial charge in [-0.25, -0.2) is 8.42 Å². The maximum Gasteiger partial charge on any atom is 0.255 e. The highest BCUT2D eigenvalue weighted by Gasteiger charge is 2.28. The zero-order valence-electron chi connectivity index (χ0n) is 14.9. The molecule has 1 N–H and O–H groups in total. The second-order valence-electron chi connectivity index (χ2n) is 6.32. The summed E-state index contributed by atoms with van der Waals surface area (Å²) >= 11 is 0. The van der Waals surface area contributed by atoms with Gasteiger partial charge in [-0.1, -0.05) is 18.2 Å². The molecule has 138 valence electrons. The molecule has 1 fully saturated rings. The van der Waals surface area contributed by atoms with Crippen molar-refractivity contribution in [2.75, 3.05) is 31.6 Å². The molecule has 0 radical (unpaired) electrons. The summed E-state index contributed by atoms with van der Waals surface area (Å²) in [7, 11) is -3.65. The molecule has 3 rings (SSSR count). The van der Waals surface area contributed by atoms with E-state index in [-0.39, 0.29) is 10.8 Å². The Hall–Kier alpha value is -2.22. The summed E-state index contributed by atoms with van der Waals surface area (Å²) in [5.41, 5.74) is 2.63. The number of hydrogen-bond acceptors (Lipinski definition) is 4. The number of morpholine rings is 1. The molecule has 1 heterocycles. The van der Waals surface area contributed by atoms with Crippen molar-refractivity contribution in [3.63, 3.8) is 0 Å². The van der Waals surface area contributed by atoms with Crippen molar-refractivity contribution in [3.8, 4) is 0 Å². The van der Waals surface area contributed by atoms with Crippen LogP contribution < -0.4 is 5.32 Å². The quantitative estimate of drug-likeness (QED) is 0.892. The lowest BCUT2D eigenvalue weighted by atomic mass is 10.1. The van der Waals surface area contributed by atoms with Gasteiger partial charge in [-0.3, -0.25) is 4.79 Å². The molecule has 0 bridgehead atoms. The van der Waals surface area contributed by atoms with Crippen LogP contribution in [0.1, 0.15) is 21.5 Å². The number of nitrogens with one attached hydrogen (secondary N) is 1. The first-order valence-corrected chi connectivity index (χ1v) is 9.88. The van der Waals surface area contributed by atoms with Gasteiger partial charge in [0.2, 0.25) is 10.0 Å². The molecule has 6 nitrogen and oxygen atoms in total. The Labute approximate surface area is 153 Å². The van der Waals surface area contributed by atoms with E-state index in [1.807, 2.05) is 25.1 Å². The molecule has 1 aliphatic heterocycles. The van der Waals surface area contributed by atoms with E-state index < -0.39 is 10.0 Å². The van der Waals surface area contributed by atoms with Crippen LogP contribution in [0.2, 0.25) is 0 Å². The van der Waals surface area contributed by atoms with E-state index in [0.717, 1.165) is 5.56 Å². The van der Waals surface area contributed by atoms with Crippen molar-refractivity contribution in [1.82, 2.24) is 4.31 Å². The minimum atomic E-state index is -3.65. The fraction of sp³-hybridized carbons (Fsp3) is 0.316. The largest absolute Gasteiger partial charge is 0.379 e. The van der Waals surface area contributed by atoms with E-state index in [1.54, 1.807) is 25.1 Å². The van der Waals surface area contributed by atoms with Crippen molar-refractivity contribution in [2.45, 2.75) is 18.7 Å². The van der Waals surface area contributed by atoms with Crippen LogP contribution >= 0.6 is 0 Å². The van der Waals surface area contributed by atoms with Crippen LogP contribution in [0, 0.1) is 13.8 Å². The Bertz CT molecular complexity index is 919. The summed E-state index contributed by atoms with van der Waals surface area (Å²) in [6.07, 6.45) is 0. The standard InChI is InChI=1S/C19H22N2O4S/c1-14-4-3-5-17(12-14)20-19(22)16-7-6-15(2)18(13-16)26(23,24)21-8-10-25-11-9-21/h3-7,12-13H,8-11H2,1-2H3,(H,20,22). The summed E-state index contributed by atoms with van der Waals surface area (Å²) < 4.78 is 32.5. The Morgan fingerprint density at radius 3 is 2.50 bits per heavy atom. The second kappa shape index (κ2) is 7.57. The zero-order chi connectivity index (χ0) is 18.7. The molecule has 2 aromatic carbocycles. The Balaban J connectivity index is 1.88. The molecule has 0 unspecified atom stereocenters. The summed E-state index contributed by atoms with van der Waals surface area (Å²) in [5.74, 6) is -0.339. The van der Waals surface area contributed by atoms with E-state index in [1.165, 1.54) is 10.4 Å². The predicted octanol–water partition coefficient (Wildman–Crippen LogP) is 2.58. The lowest BCUT2D eigenvalue weighted by Gasteiger charge is -2.26. The van der Waals surface area contributed by atoms with Crippen molar-refractivity contribution >= 4 is 21.6 Å². The molecular formula is C19H22N2O4S. The van der Waals surface area contributed by atoms with Gasteiger partial charge in [-0.15, -0.1) is 0 Å². The Morgan fingerprint density at radius 1 is 1.08 bits per heavy atom. The highest BCUT2D eigenvalue weighted by atomic mass is 32.2. The fourth-order valence-corrected chi connectivity index (χ4v) is 4.53. The highest BCUT2D eigenvalue weighted by Crippen LogP contribution is 2.23. The number of ether oxygens (including phenoxy) is 1. The molecule has 7 heteroatoms. The van der Waals surface area contributed by atoms with E-state index in [2.05, 4.69) is 5.32 Å². The van der Waals surface area contributed by atoms with E-state index in [9.17, 15) is 13.2 Å². The van der Waals surface area contributed by atoms with Gasteiger partial charge in [0.15, 0.2) is 0 Å². The lowest BCUT2D eigenvalue weighted by molar-refractivity contribution is 0.0730. The molecule has 1 amide bonds. The van der Waals surface area contributed by atoms with E-state index in [4.69, 9.17) is 4.74 Å². The molecule has 2 aromatic rings. The van der Waals surface area contributed by atoms with Crippen LogP contribution in [0.3, 0.4) is 0 Å². The maximum atomic E-state index is 12.9. The van der Waals surface area contributed by atoms with Crippen LogP contribution in [0.5, 0.6) is 0 Å². The number of carbonyl (C=O) groups is 1. The SMILES string of the molecule is Cc1cccc(NC(=O)c2ccc(C)c(S(=O)(=O)N3CCOCC3)c2)c1. The van der Waals surface area contributed by atoms with Crippen LogP contribution in [0.15, 0.2) is 47.4 Å². The third-order valence-corrected chi connectivity index (χ3v) is 6.35. The molecule has 26 heavy (non-hydrogen) atoms. The minimum absolute atomic E-state index is 0.163. The number of amides is 1. The first kappa shape index (κ1) is 18.6. The number of anilines is 1. The predicted molar refractivity (Wildman–Crippen MR) is 99.9 cm³/mol.